The summed E-state index contributed by atoms with van der Waals surface area (Å²) in [5.41, 5.74) is 1.83. The van der Waals surface area contributed by atoms with Crippen LogP contribution in [0.15, 0.2) is 42.5 Å². The van der Waals surface area contributed by atoms with Crippen molar-refractivity contribution in [3.8, 4) is 11.5 Å². The summed E-state index contributed by atoms with van der Waals surface area (Å²) in [6.45, 7) is 4.81. The molecule has 2 heterocycles. The number of carbonyl (C=O) groups excluding carboxylic acids is 2. The Labute approximate surface area is 179 Å². The Kier molecular flexibility index (Phi) is 6.51. The molecule has 9 heteroatoms. The van der Waals surface area contributed by atoms with Gasteiger partial charge in [0.05, 0.1) is 0 Å². The molecular formula is C22H25FN4O4. The molecular weight excluding hydrogens is 403 g/mol. The van der Waals surface area contributed by atoms with Crippen LogP contribution in [-0.2, 0) is 16.1 Å². The van der Waals surface area contributed by atoms with Crippen molar-refractivity contribution in [2.45, 2.75) is 6.54 Å². The summed E-state index contributed by atoms with van der Waals surface area (Å²) in [6.07, 6.45) is 0. The number of benzene rings is 2. The largest absolute Gasteiger partial charge is 0.454 e. The number of nitrogens with zero attached hydrogens (tertiary/aromatic N) is 2. The standard InChI is InChI=1S/C22H25FN4O4/c23-17-2-4-18(5-3-17)27-11-9-26(10-12-27)8-7-24-21(28)22(29)25-14-16-1-6-19-20(13-16)31-15-30-19/h1-6,13H,7-12,14-15H2,(H,24,28)(H,25,29). The van der Waals surface area contributed by atoms with Crippen LogP contribution in [0.25, 0.3) is 0 Å². The van der Waals surface area contributed by atoms with Crippen molar-refractivity contribution < 1.29 is 23.5 Å². The Balaban J connectivity index is 1.13. The number of amides is 2. The van der Waals surface area contributed by atoms with Gasteiger partial charge in [-0.2, -0.15) is 0 Å². The van der Waals surface area contributed by atoms with Crippen LogP contribution >= 0.6 is 0 Å². The number of halogens is 1. The van der Waals surface area contributed by atoms with Crippen molar-refractivity contribution in [2.24, 2.45) is 0 Å². The second kappa shape index (κ2) is 9.65. The molecule has 0 aliphatic carbocycles. The third-order valence-electron chi connectivity index (χ3n) is 5.37. The fourth-order valence-electron chi connectivity index (χ4n) is 3.60. The highest BCUT2D eigenvalue weighted by Gasteiger charge is 2.19. The van der Waals surface area contributed by atoms with Gasteiger partial charge in [-0.15, -0.1) is 0 Å². The van der Waals surface area contributed by atoms with Crippen LogP contribution in [0.1, 0.15) is 5.56 Å². The van der Waals surface area contributed by atoms with Gasteiger partial charge in [-0.1, -0.05) is 6.07 Å². The van der Waals surface area contributed by atoms with E-state index in [1.165, 1.54) is 12.1 Å². The van der Waals surface area contributed by atoms with Gasteiger partial charge in [0.2, 0.25) is 6.79 Å². The fourth-order valence-corrected chi connectivity index (χ4v) is 3.60. The molecule has 0 unspecified atom stereocenters. The van der Waals surface area contributed by atoms with E-state index in [0.717, 1.165) is 37.4 Å². The molecule has 2 aliphatic rings. The molecule has 2 N–H and O–H groups in total. The van der Waals surface area contributed by atoms with E-state index in [1.54, 1.807) is 24.3 Å². The molecule has 1 saturated heterocycles. The molecule has 164 valence electrons. The van der Waals surface area contributed by atoms with Crippen molar-refractivity contribution in [1.29, 1.82) is 0 Å². The lowest BCUT2D eigenvalue weighted by Crippen LogP contribution is -2.49. The Morgan fingerprint density at radius 3 is 2.39 bits per heavy atom. The van der Waals surface area contributed by atoms with Crippen LogP contribution in [0.4, 0.5) is 10.1 Å². The Morgan fingerprint density at radius 1 is 0.903 bits per heavy atom. The first-order chi connectivity index (χ1) is 15.1. The van der Waals surface area contributed by atoms with Crippen LogP contribution in [0, 0.1) is 5.82 Å². The zero-order chi connectivity index (χ0) is 21.6. The summed E-state index contributed by atoms with van der Waals surface area (Å²) in [4.78, 5) is 28.5. The van der Waals surface area contributed by atoms with E-state index in [2.05, 4.69) is 20.4 Å². The molecule has 0 radical (unpaired) electrons. The van der Waals surface area contributed by atoms with Gasteiger partial charge in [-0.3, -0.25) is 14.5 Å². The number of hydrogen-bond donors (Lipinski definition) is 2. The molecule has 31 heavy (non-hydrogen) atoms. The van der Waals surface area contributed by atoms with Gasteiger partial charge >= 0.3 is 11.8 Å². The van der Waals surface area contributed by atoms with Crippen LogP contribution in [0.5, 0.6) is 11.5 Å². The van der Waals surface area contributed by atoms with Crippen LogP contribution in [-0.4, -0.2) is 62.8 Å². The van der Waals surface area contributed by atoms with Crippen LogP contribution in [0.2, 0.25) is 0 Å². The van der Waals surface area contributed by atoms with Gasteiger partial charge in [0, 0.05) is 51.5 Å². The average Bonchev–Trinajstić information content (AvgIpc) is 3.26. The molecule has 2 amide bonds. The SMILES string of the molecule is O=C(NCCN1CCN(c2ccc(F)cc2)CC1)C(=O)NCc1ccc2c(c1)OCO2. The fraction of sp³-hybridized carbons (Fsp3) is 0.364. The monoisotopic (exact) mass is 428 g/mol. The lowest BCUT2D eigenvalue weighted by molar-refractivity contribution is -0.139. The number of fused-ring (bicyclic) bond motifs is 1. The predicted octanol–water partition coefficient (Wildman–Crippen LogP) is 1.11. The zero-order valence-electron chi connectivity index (χ0n) is 17.1. The second-order valence-electron chi connectivity index (χ2n) is 7.43. The minimum atomic E-state index is -0.668. The summed E-state index contributed by atoms with van der Waals surface area (Å²) in [6, 6.07) is 11.9. The van der Waals surface area contributed by atoms with Gasteiger partial charge in [-0.05, 0) is 42.0 Å². The van der Waals surface area contributed by atoms with Crippen LogP contribution < -0.4 is 25.0 Å². The van der Waals surface area contributed by atoms with E-state index in [1.807, 2.05) is 6.07 Å². The van der Waals surface area contributed by atoms with Gasteiger partial charge in [0.15, 0.2) is 11.5 Å². The highest BCUT2D eigenvalue weighted by atomic mass is 19.1. The normalized spacial score (nSPS) is 15.6. The van der Waals surface area contributed by atoms with E-state index in [4.69, 9.17) is 9.47 Å². The number of ether oxygens (including phenoxy) is 2. The number of rotatable bonds is 6. The number of nitrogens with one attached hydrogen (secondary N) is 2. The quantitative estimate of drug-likeness (QED) is 0.671. The van der Waals surface area contributed by atoms with Gasteiger partial charge in [-0.25, -0.2) is 4.39 Å². The summed E-state index contributed by atoms with van der Waals surface area (Å²) in [5, 5.41) is 5.28. The maximum absolute atomic E-state index is 13.1. The summed E-state index contributed by atoms with van der Waals surface area (Å²) < 4.78 is 23.6. The van der Waals surface area contributed by atoms with Gasteiger partial charge in [0.25, 0.3) is 0 Å². The molecule has 4 rings (SSSR count). The molecule has 0 aromatic heterocycles. The molecule has 0 spiro atoms. The third-order valence-corrected chi connectivity index (χ3v) is 5.37. The minimum Gasteiger partial charge on any atom is -0.454 e. The average molecular weight is 428 g/mol. The first-order valence-electron chi connectivity index (χ1n) is 10.3. The van der Waals surface area contributed by atoms with Gasteiger partial charge in [0.1, 0.15) is 5.82 Å². The van der Waals surface area contributed by atoms with Crippen molar-refractivity contribution >= 4 is 17.5 Å². The highest BCUT2D eigenvalue weighted by Crippen LogP contribution is 2.32. The van der Waals surface area contributed by atoms with Crippen molar-refractivity contribution in [3.63, 3.8) is 0 Å². The van der Waals surface area contributed by atoms with Crippen molar-refractivity contribution in [3.05, 3.63) is 53.8 Å². The number of piperazine rings is 1. The maximum Gasteiger partial charge on any atom is 0.309 e. The van der Waals surface area contributed by atoms with Gasteiger partial charge < -0.3 is 25.0 Å². The second-order valence-corrected chi connectivity index (χ2v) is 7.43. The van der Waals surface area contributed by atoms with E-state index in [9.17, 15) is 14.0 Å². The van der Waals surface area contributed by atoms with Crippen LogP contribution in [0.3, 0.4) is 0 Å². The first-order valence-corrected chi connectivity index (χ1v) is 10.3. The summed E-state index contributed by atoms with van der Waals surface area (Å²) >= 11 is 0. The zero-order valence-corrected chi connectivity index (χ0v) is 17.1. The minimum absolute atomic E-state index is 0.189. The Bertz CT molecular complexity index is 930. The Morgan fingerprint density at radius 2 is 1.61 bits per heavy atom. The lowest BCUT2D eigenvalue weighted by atomic mass is 10.2. The predicted molar refractivity (Wildman–Crippen MR) is 112 cm³/mol. The molecule has 2 aliphatic heterocycles. The van der Waals surface area contributed by atoms with Crippen molar-refractivity contribution in [2.75, 3.05) is 51.0 Å². The van der Waals surface area contributed by atoms with E-state index in [0.29, 0.717) is 24.6 Å². The van der Waals surface area contributed by atoms with Crippen molar-refractivity contribution in [1.82, 2.24) is 15.5 Å². The highest BCUT2D eigenvalue weighted by molar-refractivity contribution is 6.35. The van der Waals surface area contributed by atoms with E-state index >= 15 is 0 Å². The topological polar surface area (TPSA) is 83.1 Å². The molecule has 2 aromatic carbocycles. The summed E-state index contributed by atoms with van der Waals surface area (Å²) in [5.74, 6) is -0.246. The summed E-state index contributed by atoms with van der Waals surface area (Å²) in [7, 11) is 0. The third kappa shape index (κ3) is 5.43. The molecule has 8 nitrogen and oxygen atoms in total. The number of anilines is 1. The first kappa shape index (κ1) is 20.9. The molecule has 0 bridgehead atoms. The van der Waals surface area contributed by atoms with E-state index in [-0.39, 0.29) is 19.2 Å². The smallest absolute Gasteiger partial charge is 0.309 e. The Hall–Kier alpha value is -3.33. The lowest BCUT2D eigenvalue weighted by Gasteiger charge is -2.36. The maximum atomic E-state index is 13.1. The van der Waals surface area contributed by atoms with E-state index < -0.39 is 11.8 Å². The molecule has 2 aromatic rings. The molecule has 0 saturated carbocycles. The molecule has 0 atom stereocenters. The number of carbonyl (C=O) groups is 2. The number of hydrogen-bond acceptors (Lipinski definition) is 6. The molecule has 1 fully saturated rings.